The quantitative estimate of drug-likeness (QED) is 0.0153. The van der Waals surface area contributed by atoms with Gasteiger partial charge in [-0.05, 0) is 54.8 Å². The van der Waals surface area contributed by atoms with Crippen molar-refractivity contribution < 1.29 is 106 Å². The van der Waals surface area contributed by atoms with Gasteiger partial charge in [0.2, 0.25) is 5.91 Å². The number of carboxylic acids is 1. The first-order valence-corrected chi connectivity index (χ1v) is 28.5. The number of unbranched alkanes of at least 4 members (excludes halogenated alkanes) is 2. The van der Waals surface area contributed by atoms with Gasteiger partial charge in [-0.3, -0.25) is 43.0 Å². The molecule has 2 amide bonds. The molecule has 1 fully saturated rings. The number of nitrogens with zero attached hydrogens (tertiary/aromatic N) is 1. The summed E-state index contributed by atoms with van der Waals surface area (Å²) in [5, 5.41) is 33.1. The lowest BCUT2D eigenvalue weighted by Gasteiger charge is -2.20. The van der Waals surface area contributed by atoms with Crippen LogP contribution in [0.5, 0.6) is 0 Å². The molecule has 5 atom stereocenters. The normalized spacial score (nSPS) is 18.0. The number of nitrogens with one attached hydrogen (secondary N) is 4. The number of ether oxygens (including phenoxy) is 1. The lowest BCUT2D eigenvalue weighted by molar-refractivity contribution is -0.121. The molecular formula is C39H43N6O25P3S2. The molecular weight excluding hydrogens is 1110 g/mol. The number of hydrogen-bond acceptors (Lipinski definition) is 20. The summed E-state index contributed by atoms with van der Waals surface area (Å²) in [4.78, 5) is 99.8. The van der Waals surface area contributed by atoms with Crippen molar-refractivity contribution in [2.45, 2.75) is 60.3 Å². The molecule has 406 valence electrons. The molecule has 6 rings (SSSR count). The van der Waals surface area contributed by atoms with E-state index in [0.29, 0.717) is 19.3 Å². The van der Waals surface area contributed by atoms with E-state index >= 15 is 0 Å². The maximum atomic E-state index is 13.2. The van der Waals surface area contributed by atoms with Crippen LogP contribution in [0.4, 0.5) is 5.69 Å². The number of aromatic nitrogens is 2. The number of hydrogen-bond donors (Lipinski definition) is 13. The van der Waals surface area contributed by atoms with E-state index in [1.807, 2.05) is 4.98 Å². The highest BCUT2D eigenvalue weighted by Crippen LogP contribution is 2.66. The molecule has 0 spiro atoms. The second-order valence-electron chi connectivity index (χ2n) is 16.0. The van der Waals surface area contributed by atoms with Gasteiger partial charge in [-0.1, -0.05) is 24.6 Å². The van der Waals surface area contributed by atoms with Gasteiger partial charge >= 0.3 is 35.1 Å². The largest absolute Gasteiger partial charge is 0.490 e. The number of aliphatic hydroxyl groups is 1. The van der Waals surface area contributed by atoms with E-state index in [0.717, 1.165) is 35.0 Å². The first kappa shape index (κ1) is 58.2. The highest BCUT2D eigenvalue weighted by molar-refractivity contribution is 7.86. The molecule has 0 radical (unpaired) electrons. The van der Waals surface area contributed by atoms with E-state index in [1.165, 1.54) is 30.4 Å². The zero-order valence-electron chi connectivity index (χ0n) is 37.9. The number of aromatic amines is 1. The second kappa shape index (κ2) is 22.6. The Balaban J connectivity index is 1.02. The Labute approximate surface area is 420 Å². The van der Waals surface area contributed by atoms with Crippen LogP contribution in [0.1, 0.15) is 64.6 Å². The van der Waals surface area contributed by atoms with Crippen molar-refractivity contribution in [3.63, 3.8) is 0 Å². The molecule has 1 saturated heterocycles. The van der Waals surface area contributed by atoms with Crippen molar-refractivity contribution in [2.75, 3.05) is 25.4 Å². The highest BCUT2D eigenvalue weighted by atomic mass is 32.2. The number of H-pyrrole nitrogens is 1. The molecule has 3 aromatic rings. The first-order chi connectivity index (χ1) is 34.8. The minimum absolute atomic E-state index is 0.0323. The number of rotatable bonds is 22. The third-order valence-corrected chi connectivity index (χ3v) is 16.4. The number of fused-ring (bicyclic) bond motifs is 2. The van der Waals surface area contributed by atoms with E-state index in [4.69, 9.17) is 30.1 Å². The fourth-order valence-electron chi connectivity index (χ4n) is 7.56. The lowest BCUT2D eigenvalue weighted by Crippen LogP contribution is -2.33. The molecule has 3 aliphatic rings. The van der Waals surface area contributed by atoms with Crippen LogP contribution in [-0.4, -0.2) is 115 Å². The summed E-state index contributed by atoms with van der Waals surface area (Å²) in [5.41, 5.74) is 1.27. The van der Waals surface area contributed by atoms with Crippen LogP contribution < -0.4 is 33.0 Å². The average Bonchev–Trinajstić information content (AvgIpc) is 3.65. The number of phosphoric ester groups is 1. The fraction of sp³-hybridized carbons (Fsp3) is 0.282. The predicted octanol–water partition coefficient (Wildman–Crippen LogP) is 1.42. The Bertz CT molecular complexity index is 3670. The summed E-state index contributed by atoms with van der Waals surface area (Å²) in [7, 11) is -27.5. The van der Waals surface area contributed by atoms with Gasteiger partial charge in [-0.15, -0.1) is 0 Å². The third kappa shape index (κ3) is 14.4. The Morgan fingerprint density at radius 3 is 2.24 bits per heavy atom. The molecule has 3 heterocycles. The van der Waals surface area contributed by atoms with E-state index in [1.54, 1.807) is 0 Å². The van der Waals surface area contributed by atoms with Crippen LogP contribution in [-0.2, 0) is 56.6 Å². The van der Waals surface area contributed by atoms with E-state index in [9.17, 15) is 83.6 Å². The van der Waals surface area contributed by atoms with Gasteiger partial charge in [0.15, 0.2) is 21.1 Å². The molecule has 75 heavy (non-hydrogen) atoms. The van der Waals surface area contributed by atoms with Crippen molar-refractivity contribution >= 4 is 84.2 Å². The first-order valence-electron chi connectivity index (χ1n) is 21.1. The number of anilines is 1. The molecule has 2 aromatic carbocycles. The van der Waals surface area contributed by atoms with Crippen LogP contribution in [0.15, 0.2) is 78.5 Å². The number of carboxylic acid groups (broad SMARTS) is 1. The summed E-state index contributed by atoms with van der Waals surface area (Å²) in [6.45, 7) is -1.03. The summed E-state index contributed by atoms with van der Waals surface area (Å²) >= 11 is 0. The van der Waals surface area contributed by atoms with Gasteiger partial charge in [-0.2, -0.15) is 25.5 Å². The standard InChI is InChI=1S/C39H43N6O25P3S2/c40-25-11-9-22-31(23-10-12-26(41)35(75(63,64)65)33(23)68-32(22)34(25)74(60,61)62)21-8-7-19(15-24(21)38(50)51)36(48)43-13-3-1-2-6-29(47)42-14-4-5-20-17-45(39(52)44-37(20)49)30-16-27(46)28(67-30)18-66-72(56,57)70-73(58,59)69-71(53,54)55/h4-5,7-12,15,17,27-28,30,40,46H,1-3,6,13-14,16,18,41H2,(H,42,47)(H,43,48)(H,50,51)(H,56,57)(H,58,59)(H,44,49,52)(H2,53,54,55)(H,60,61,62)(H,63,64,65)/b5-4+,40-25?/t27-,28+,30+/m0/s1. The van der Waals surface area contributed by atoms with Gasteiger partial charge in [0.25, 0.3) is 31.7 Å². The summed E-state index contributed by atoms with van der Waals surface area (Å²) < 4.78 is 128. The number of carbonyl (C=O) groups is 3. The summed E-state index contributed by atoms with van der Waals surface area (Å²) in [6, 6.07) is 7.78. The SMILES string of the molecule is N=c1ccc2c(-c3ccc(C(=O)NCCCCCC(=O)NC/C=C/c4cn([C@H]5C[C@H](O)[C@@H](COP(=O)(O)OP(=O)(O)OP(=O)(O)O)O5)c(=O)[nH]c4=O)cc3C(=O)O)c3ccc(N)c(S(=O)(=O)O)c3oc-2c1S(=O)(=O)O. The molecule has 1 aromatic heterocycles. The zero-order valence-corrected chi connectivity index (χ0v) is 42.2. The van der Waals surface area contributed by atoms with Crippen LogP contribution in [0.25, 0.3) is 39.5 Å². The third-order valence-electron chi connectivity index (χ3n) is 10.7. The van der Waals surface area contributed by atoms with Gasteiger partial charge in [-0.25, -0.2) is 23.3 Å². The minimum Gasteiger partial charge on any atom is -0.478 e. The van der Waals surface area contributed by atoms with Gasteiger partial charge in [0, 0.05) is 54.2 Å². The van der Waals surface area contributed by atoms with E-state index in [-0.39, 0.29) is 59.1 Å². The zero-order chi connectivity index (χ0) is 55.6. The van der Waals surface area contributed by atoms with Crippen molar-refractivity contribution in [3.8, 4) is 22.5 Å². The molecule has 2 unspecified atom stereocenters. The fourth-order valence-corrected chi connectivity index (χ4v) is 12.1. The monoisotopic (exact) mass is 1150 g/mol. The van der Waals surface area contributed by atoms with Crippen LogP contribution >= 0.6 is 23.5 Å². The molecule has 0 saturated carbocycles. The van der Waals surface area contributed by atoms with Crippen molar-refractivity contribution in [1.29, 1.82) is 5.41 Å². The smallest absolute Gasteiger partial charge is 0.478 e. The van der Waals surface area contributed by atoms with Gasteiger partial charge in [0.05, 0.1) is 34.9 Å². The van der Waals surface area contributed by atoms with Gasteiger partial charge < -0.3 is 55.3 Å². The lowest BCUT2D eigenvalue weighted by atomic mass is 9.89. The van der Waals surface area contributed by atoms with Gasteiger partial charge in [0.1, 0.15) is 12.3 Å². The number of benzene rings is 3. The highest BCUT2D eigenvalue weighted by Gasteiger charge is 2.43. The number of amides is 2. The second-order valence-corrected chi connectivity index (χ2v) is 23.2. The van der Waals surface area contributed by atoms with Crippen LogP contribution in [0.3, 0.4) is 0 Å². The topological polar surface area (TPSA) is 511 Å². The van der Waals surface area contributed by atoms with Crippen molar-refractivity contribution in [2.24, 2.45) is 0 Å². The number of carbonyl (C=O) groups excluding carboxylic acids is 2. The van der Waals surface area contributed by atoms with E-state index < -0.39 is 136 Å². The molecule has 1 aliphatic carbocycles. The van der Waals surface area contributed by atoms with Crippen LogP contribution in [0, 0.1) is 5.41 Å². The Morgan fingerprint density at radius 1 is 0.907 bits per heavy atom. The average molecular weight is 1150 g/mol. The number of aliphatic hydroxyl groups excluding tert-OH is 1. The molecule has 31 nitrogen and oxygen atoms in total. The Hall–Kier alpha value is -6.09. The summed E-state index contributed by atoms with van der Waals surface area (Å²) in [5.74, 6) is -3.50. The van der Waals surface area contributed by atoms with Crippen molar-refractivity contribution in [3.05, 3.63) is 97.6 Å². The molecule has 36 heteroatoms. The number of phosphoric acid groups is 3. The summed E-state index contributed by atoms with van der Waals surface area (Å²) in [6.07, 6.45) is 0.216. The number of nitrogen functional groups attached to an aromatic ring is 1. The number of aromatic carboxylic acids is 1. The van der Waals surface area contributed by atoms with Crippen molar-refractivity contribution in [1.82, 2.24) is 20.2 Å². The molecule has 2 aliphatic heterocycles. The molecule has 0 bridgehead atoms. The maximum absolute atomic E-state index is 13.2. The maximum Gasteiger partial charge on any atom is 0.490 e. The minimum atomic E-state index is -5.82. The molecule has 14 N–H and O–H groups in total. The Morgan fingerprint density at radius 2 is 1.59 bits per heavy atom. The predicted molar refractivity (Wildman–Crippen MR) is 254 cm³/mol. The van der Waals surface area contributed by atoms with E-state index in [2.05, 4.69) is 23.8 Å². The Kier molecular flexibility index (Phi) is 17.6. The van der Waals surface area contributed by atoms with Crippen LogP contribution in [0.2, 0.25) is 0 Å². The number of nitrogens with two attached hydrogens (primary N) is 1.